The maximum Gasteiger partial charge on any atom is 0.573 e. The van der Waals surface area contributed by atoms with E-state index in [4.69, 9.17) is 11.6 Å². The molecule has 2 amide bonds. The number of nitrogens with zero attached hydrogens (tertiary/aromatic N) is 3. The van der Waals surface area contributed by atoms with Gasteiger partial charge in [0.05, 0.1) is 22.8 Å². The number of amides is 2. The zero-order valence-electron chi connectivity index (χ0n) is 20.1. The Morgan fingerprint density at radius 3 is 2.35 bits per heavy atom. The number of alkyl halides is 6. The highest BCUT2D eigenvalue weighted by atomic mass is 35.5. The first-order valence-corrected chi connectivity index (χ1v) is 12.8. The van der Waals surface area contributed by atoms with Gasteiger partial charge in [0, 0.05) is 18.2 Å². The lowest BCUT2D eigenvalue weighted by atomic mass is 9.78. The molecule has 13 heteroatoms. The molecule has 0 aromatic heterocycles. The van der Waals surface area contributed by atoms with Crippen LogP contribution >= 0.6 is 23.4 Å². The molecule has 1 unspecified atom stereocenters. The Bertz CT molecular complexity index is 1160. The van der Waals surface area contributed by atoms with Crippen molar-refractivity contribution in [3.05, 3.63) is 58.6 Å². The van der Waals surface area contributed by atoms with Crippen molar-refractivity contribution in [3.8, 4) is 5.75 Å². The summed E-state index contributed by atoms with van der Waals surface area (Å²) in [6.45, 7) is 2.04. The first-order chi connectivity index (χ1) is 17.1. The highest BCUT2D eigenvalue weighted by molar-refractivity contribution is 7.98. The van der Waals surface area contributed by atoms with Crippen LogP contribution in [0.4, 0.5) is 36.8 Å². The van der Waals surface area contributed by atoms with Crippen LogP contribution in [-0.2, 0) is 6.18 Å². The number of anilines is 1. The third-order valence-electron chi connectivity index (χ3n) is 5.88. The van der Waals surface area contributed by atoms with Crippen LogP contribution in [0.3, 0.4) is 0 Å². The van der Waals surface area contributed by atoms with Gasteiger partial charge in [-0.05, 0) is 66.8 Å². The van der Waals surface area contributed by atoms with Crippen molar-refractivity contribution in [3.63, 3.8) is 0 Å². The molecule has 0 saturated heterocycles. The Hall–Kier alpha value is -2.60. The Morgan fingerprint density at radius 1 is 1.16 bits per heavy atom. The van der Waals surface area contributed by atoms with Crippen LogP contribution in [0.2, 0.25) is 5.02 Å². The number of hydrogen-bond acceptors (Lipinski definition) is 4. The third kappa shape index (κ3) is 7.04. The van der Waals surface area contributed by atoms with Crippen LogP contribution in [-0.4, -0.2) is 48.7 Å². The smallest absolute Gasteiger partial charge is 0.406 e. The maximum absolute atomic E-state index is 13.3. The summed E-state index contributed by atoms with van der Waals surface area (Å²) in [6.07, 6.45) is -6.10. The minimum absolute atomic E-state index is 0.161. The van der Waals surface area contributed by atoms with Crippen molar-refractivity contribution in [2.24, 2.45) is 10.5 Å². The fraction of sp³-hybridized carbons (Fsp3) is 0.417. The van der Waals surface area contributed by atoms with Crippen LogP contribution in [0, 0.1) is 5.41 Å². The van der Waals surface area contributed by atoms with Gasteiger partial charge in [0.25, 0.3) is 0 Å². The second-order valence-corrected chi connectivity index (χ2v) is 10.1. The maximum atomic E-state index is 13.3. The molecule has 0 bridgehead atoms. The second-order valence-electron chi connectivity index (χ2n) is 8.74. The van der Waals surface area contributed by atoms with Crippen molar-refractivity contribution in [2.75, 3.05) is 30.5 Å². The highest BCUT2D eigenvalue weighted by Crippen LogP contribution is 2.40. The fourth-order valence-corrected chi connectivity index (χ4v) is 4.77. The molecule has 2 aromatic carbocycles. The third-order valence-corrected chi connectivity index (χ3v) is 6.89. The summed E-state index contributed by atoms with van der Waals surface area (Å²) in [5.74, 6) is 0.413. The van der Waals surface area contributed by atoms with Crippen LogP contribution < -0.4 is 9.64 Å². The molecule has 0 saturated carbocycles. The molecule has 37 heavy (non-hydrogen) atoms. The van der Waals surface area contributed by atoms with Gasteiger partial charge in [-0.25, -0.2) is 9.80 Å². The number of urea groups is 1. The molecule has 1 aliphatic rings. The summed E-state index contributed by atoms with van der Waals surface area (Å²) >= 11 is 7.59. The lowest BCUT2D eigenvalue weighted by Gasteiger charge is -2.28. The van der Waals surface area contributed by atoms with Gasteiger partial charge in [-0.3, -0.25) is 4.90 Å². The fourth-order valence-electron chi connectivity index (χ4n) is 4.05. The zero-order valence-corrected chi connectivity index (χ0v) is 21.7. The number of benzene rings is 2. The molecule has 0 aliphatic carbocycles. The normalized spacial score (nSPS) is 18.1. The number of thioether (sulfide) groups is 1. The molecule has 0 spiro atoms. The number of hydrazone groups is 1. The number of halogens is 7. The predicted molar refractivity (Wildman–Crippen MR) is 132 cm³/mol. The van der Waals surface area contributed by atoms with Gasteiger partial charge in [-0.1, -0.05) is 24.6 Å². The molecule has 0 radical (unpaired) electrons. The minimum Gasteiger partial charge on any atom is -0.406 e. The Kier molecular flexibility index (Phi) is 8.63. The first-order valence-electron chi connectivity index (χ1n) is 11.0. The van der Waals surface area contributed by atoms with Gasteiger partial charge in [0.1, 0.15) is 5.75 Å². The van der Waals surface area contributed by atoms with E-state index in [-0.39, 0.29) is 6.54 Å². The van der Waals surface area contributed by atoms with E-state index in [9.17, 15) is 31.1 Å². The molecule has 1 aliphatic heterocycles. The Balaban J connectivity index is 1.89. The van der Waals surface area contributed by atoms with Crippen molar-refractivity contribution in [2.45, 2.75) is 32.3 Å². The molecule has 2 aromatic rings. The van der Waals surface area contributed by atoms with Gasteiger partial charge in [-0.2, -0.15) is 30.0 Å². The van der Waals surface area contributed by atoms with Crippen LogP contribution in [0.25, 0.3) is 0 Å². The van der Waals surface area contributed by atoms with E-state index in [1.807, 2.05) is 13.2 Å². The van der Waals surface area contributed by atoms with Gasteiger partial charge < -0.3 is 4.74 Å². The van der Waals surface area contributed by atoms with Crippen LogP contribution in [0.5, 0.6) is 5.75 Å². The first kappa shape index (κ1) is 29.0. The standard InChI is InChI=1S/C24H24ClF6N3O2S/c1-22(11-4-12-37-3)14-34(32-20(22)15-5-10-18(19(25)13-15)23(26,27)28)21(35)33(2)16-6-8-17(9-7-16)36-24(29,30)31/h5-10,13H,4,11-12,14H2,1-3H3. The summed E-state index contributed by atoms with van der Waals surface area (Å²) in [6, 6.07) is 7.59. The highest BCUT2D eigenvalue weighted by Gasteiger charge is 2.42. The number of carbonyl (C=O) groups excluding carboxylic acids is 1. The lowest BCUT2D eigenvalue weighted by molar-refractivity contribution is -0.274. The van der Waals surface area contributed by atoms with Crippen molar-refractivity contribution < 1.29 is 35.9 Å². The summed E-state index contributed by atoms with van der Waals surface area (Å²) < 4.78 is 80.7. The van der Waals surface area contributed by atoms with Crippen molar-refractivity contribution >= 4 is 40.8 Å². The summed E-state index contributed by atoms with van der Waals surface area (Å²) in [4.78, 5) is 14.5. The van der Waals surface area contributed by atoms with E-state index in [2.05, 4.69) is 9.84 Å². The van der Waals surface area contributed by atoms with E-state index in [1.165, 1.54) is 41.2 Å². The molecule has 0 N–H and O–H groups in total. The summed E-state index contributed by atoms with van der Waals surface area (Å²) in [7, 11) is 1.44. The molecule has 1 heterocycles. The van der Waals surface area contributed by atoms with Crippen LogP contribution in [0.15, 0.2) is 47.6 Å². The number of hydrogen-bond donors (Lipinski definition) is 0. The largest absolute Gasteiger partial charge is 0.573 e. The van der Waals surface area contributed by atoms with Crippen molar-refractivity contribution in [1.29, 1.82) is 0 Å². The SMILES string of the molecule is CSCCCC1(C)CN(C(=O)N(C)c2ccc(OC(F)(F)F)cc2)N=C1c1ccc(C(F)(F)F)c(Cl)c1. The van der Waals surface area contributed by atoms with Gasteiger partial charge in [-0.15, -0.1) is 13.2 Å². The molecule has 3 rings (SSSR count). The topological polar surface area (TPSA) is 45.1 Å². The molecule has 5 nitrogen and oxygen atoms in total. The molecule has 1 atom stereocenters. The predicted octanol–water partition coefficient (Wildman–Crippen LogP) is 7.68. The zero-order chi connectivity index (χ0) is 27.6. The average molecular weight is 568 g/mol. The lowest BCUT2D eigenvalue weighted by Crippen LogP contribution is -2.40. The average Bonchev–Trinajstić information content (AvgIpc) is 3.14. The van der Waals surface area contributed by atoms with Gasteiger partial charge in [0.2, 0.25) is 0 Å². The van der Waals surface area contributed by atoms with E-state index >= 15 is 0 Å². The van der Waals surface area contributed by atoms with Crippen molar-refractivity contribution in [1.82, 2.24) is 5.01 Å². The van der Waals surface area contributed by atoms with Gasteiger partial charge >= 0.3 is 18.6 Å². The monoisotopic (exact) mass is 567 g/mol. The summed E-state index contributed by atoms with van der Waals surface area (Å²) in [5, 5.41) is 5.21. The molecular weight excluding hydrogens is 544 g/mol. The molecule has 0 fully saturated rings. The number of carbonyl (C=O) groups is 1. The summed E-state index contributed by atoms with van der Waals surface area (Å²) in [5.41, 5.74) is -0.535. The molecule has 202 valence electrons. The quantitative estimate of drug-likeness (QED) is 0.255. The minimum atomic E-state index is -4.84. The Morgan fingerprint density at radius 2 is 1.81 bits per heavy atom. The van der Waals surface area contributed by atoms with E-state index in [0.717, 1.165) is 30.4 Å². The van der Waals surface area contributed by atoms with E-state index in [1.54, 1.807) is 11.8 Å². The number of rotatable bonds is 7. The Labute approximate surface area is 219 Å². The van der Waals surface area contributed by atoms with E-state index in [0.29, 0.717) is 23.4 Å². The van der Waals surface area contributed by atoms with Gasteiger partial charge in [0.15, 0.2) is 0 Å². The molecular formula is C24H24ClF6N3O2S. The second kappa shape index (κ2) is 11.0. The van der Waals surface area contributed by atoms with E-state index < -0.39 is 40.3 Å². The number of ether oxygens (including phenoxy) is 1. The van der Waals surface area contributed by atoms with Crippen LogP contribution in [0.1, 0.15) is 30.9 Å².